The van der Waals surface area contributed by atoms with E-state index in [0.717, 1.165) is 5.56 Å². The van der Waals surface area contributed by atoms with Crippen LogP contribution in [0.2, 0.25) is 0 Å². The fourth-order valence-electron chi connectivity index (χ4n) is 2.46. The van der Waals surface area contributed by atoms with Crippen molar-refractivity contribution in [2.75, 3.05) is 18.6 Å². The van der Waals surface area contributed by atoms with Crippen LogP contribution < -0.4 is 9.46 Å². The number of aryl methyl sites for hydroxylation is 1. The average molecular weight is 333 g/mol. The van der Waals surface area contributed by atoms with Gasteiger partial charge in [0.15, 0.2) is 9.84 Å². The number of benzene rings is 1. The Morgan fingerprint density at radius 1 is 1.33 bits per heavy atom. The van der Waals surface area contributed by atoms with Gasteiger partial charge in [-0.2, -0.15) is 0 Å². The van der Waals surface area contributed by atoms with E-state index in [1.807, 2.05) is 0 Å². The van der Waals surface area contributed by atoms with Crippen molar-refractivity contribution in [3.63, 3.8) is 0 Å². The molecule has 1 aliphatic heterocycles. The summed E-state index contributed by atoms with van der Waals surface area (Å²) in [5.41, 5.74) is -0.202. The number of methoxy groups -OCH3 is 1. The zero-order valence-electron chi connectivity index (χ0n) is 12.2. The molecule has 8 heteroatoms. The van der Waals surface area contributed by atoms with Gasteiger partial charge in [-0.05, 0) is 38.0 Å². The molecule has 2 rings (SSSR count). The molecule has 118 valence electrons. The summed E-state index contributed by atoms with van der Waals surface area (Å²) < 4.78 is 55.9. The van der Waals surface area contributed by atoms with Crippen LogP contribution in [0.4, 0.5) is 0 Å². The molecule has 0 saturated carbocycles. The zero-order chi connectivity index (χ0) is 15.9. The molecule has 0 aliphatic carbocycles. The van der Waals surface area contributed by atoms with Gasteiger partial charge in [0.05, 0.1) is 18.6 Å². The van der Waals surface area contributed by atoms with Gasteiger partial charge in [-0.1, -0.05) is 6.07 Å². The average Bonchev–Trinajstić information content (AvgIpc) is 2.62. The molecule has 6 nitrogen and oxygen atoms in total. The lowest BCUT2D eigenvalue weighted by atomic mass is 10.0. The van der Waals surface area contributed by atoms with Crippen molar-refractivity contribution in [2.45, 2.75) is 30.7 Å². The predicted molar refractivity (Wildman–Crippen MR) is 79.7 cm³/mol. The number of rotatable bonds is 4. The Morgan fingerprint density at radius 3 is 2.52 bits per heavy atom. The van der Waals surface area contributed by atoms with Gasteiger partial charge in [0.1, 0.15) is 10.6 Å². The summed E-state index contributed by atoms with van der Waals surface area (Å²) in [5, 5.41) is 0. The maximum absolute atomic E-state index is 12.6. The van der Waals surface area contributed by atoms with Gasteiger partial charge >= 0.3 is 0 Å². The highest BCUT2D eigenvalue weighted by atomic mass is 32.2. The van der Waals surface area contributed by atoms with Crippen LogP contribution in [0, 0.1) is 6.92 Å². The summed E-state index contributed by atoms with van der Waals surface area (Å²) >= 11 is 0. The number of sulfone groups is 1. The molecular formula is C13H19NO5S2. The monoisotopic (exact) mass is 333 g/mol. The molecule has 1 aromatic carbocycles. The molecule has 1 saturated heterocycles. The number of nitrogens with one attached hydrogen (secondary N) is 1. The third-order valence-electron chi connectivity index (χ3n) is 3.49. The molecule has 0 unspecified atom stereocenters. The van der Waals surface area contributed by atoms with E-state index >= 15 is 0 Å². The summed E-state index contributed by atoms with van der Waals surface area (Å²) in [6.07, 6.45) is 0.267. The molecule has 0 bridgehead atoms. The SMILES string of the molecule is COc1ccc(C)cc1S(=O)(=O)N[C@@]1(C)CCS(=O)(=O)C1. The highest BCUT2D eigenvalue weighted by Crippen LogP contribution is 2.29. The number of ether oxygens (including phenoxy) is 1. The van der Waals surface area contributed by atoms with Crippen LogP contribution >= 0.6 is 0 Å². The van der Waals surface area contributed by atoms with Gasteiger partial charge in [-0.15, -0.1) is 0 Å². The number of sulfonamides is 1. The van der Waals surface area contributed by atoms with Crippen LogP contribution in [-0.2, 0) is 19.9 Å². The van der Waals surface area contributed by atoms with E-state index in [0.29, 0.717) is 0 Å². The Balaban J connectivity index is 2.38. The second-order valence-corrected chi connectivity index (χ2v) is 9.50. The lowest BCUT2D eigenvalue weighted by molar-refractivity contribution is 0.400. The summed E-state index contributed by atoms with van der Waals surface area (Å²) in [4.78, 5) is 0.0236. The van der Waals surface area contributed by atoms with Gasteiger partial charge < -0.3 is 4.74 Å². The van der Waals surface area contributed by atoms with Crippen molar-refractivity contribution >= 4 is 19.9 Å². The minimum atomic E-state index is -3.86. The summed E-state index contributed by atoms with van der Waals surface area (Å²) in [6.45, 7) is 3.39. The topological polar surface area (TPSA) is 89.5 Å². The molecule has 0 aromatic heterocycles. The summed E-state index contributed by atoms with van der Waals surface area (Å²) in [6, 6.07) is 4.84. The Bertz CT molecular complexity index is 755. The van der Waals surface area contributed by atoms with E-state index in [-0.39, 0.29) is 28.6 Å². The van der Waals surface area contributed by atoms with E-state index in [9.17, 15) is 16.8 Å². The second kappa shape index (κ2) is 5.26. The molecule has 1 N–H and O–H groups in total. The lowest BCUT2D eigenvalue weighted by Gasteiger charge is -2.24. The maximum atomic E-state index is 12.6. The number of hydrogen-bond acceptors (Lipinski definition) is 5. The van der Waals surface area contributed by atoms with Crippen LogP contribution in [0.5, 0.6) is 5.75 Å². The van der Waals surface area contributed by atoms with Crippen molar-refractivity contribution in [1.29, 1.82) is 0 Å². The van der Waals surface area contributed by atoms with Crippen LogP contribution in [-0.4, -0.2) is 41.0 Å². The zero-order valence-corrected chi connectivity index (χ0v) is 13.8. The molecule has 1 aromatic rings. The van der Waals surface area contributed by atoms with Crippen LogP contribution in [0.15, 0.2) is 23.1 Å². The molecule has 1 atom stereocenters. The fraction of sp³-hybridized carbons (Fsp3) is 0.538. The van der Waals surface area contributed by atoms with Gasteiger partial charge in [-0.25, -0.2) is 21.6 Å². The van der Waals surface area contributed by atoms with Crippen LogP contribution in [0.25, 0.3) is 0 Å². The van der Waals surface area contributed by atoms with Crippen molar-refractivity contribution in [1.82, 2.24) is 4.72 Å². The Kier molecular flexibility index (Phi) is 4.07. The molecule has 1 heterocycles. The van der Waals surface area contributed by atoms with E-state index in [2.05, 4.69) is 4.72 Å². The summed E-state index contributed by atoms with van der Waals surface area (Å²) in [5.74, 6) is 0.0437. The molecular weight excluding hydrogens is 314 g/mol. The first-order valence-corrected chi connectivity index (χ1v) is 9.76. The van der Waals surface area contributed by atoms with E-state index in [1.54, 1.807) is 26.0 Å². The van der Waals surface area contributed by atoms with Gasteiger partial charge in [0.2, 0.25) is 10.0 Å². The van der Waals surface area contributed by atoms with Gasteiger partial charge in [-0.3, -0.25) is 0 Å². The highest BCUT2D eigenvalue weighted by molar-refractivity contribution is 7.92. The quantitative estimate of drug-likeness (QED) is 0.882. The minimum Gasteiger partial charge on any atom is -0.495 e. The largest absolute Gasteiger partial charge is 0.495 e. The molecule has 21 heavy (non-hydrogen) atoms. The van der Waals surface area contributed by atoms with Gasteiger partial charge in [0, 0.05) is 5.54 Å². The first-order chi connectivity index (χ1) is 9.57. The van der Waals surface area contributed by atoms with Crippen molar-refractivity contribution in [3.8, 4) is 5.75 Å². The van der Waals surface area contributed by atoms with Crippen molar-refractivity contribution < 1.29 is 21.6 Å². The molecule has 1 fully saturated rings. The minimum absolute atomic E-state index is 0.00300. The fourth-order valence-corrected chi connectivity index (χ4v) is 6.34. The Hall–Kier alpha value is -1.12. The smallest absolute Gasteiger partial charge is 0.244 e. The Labute approximate surface area is 125 Å². The third kappa shape index (κ3) is 3.56. The van der Waals surface area contributed by atoms with E-state index in [1.165, 1.54) is 13.2 Å². The third-order valence-corrected chi connectivity index (χ3v) is 7.06. The predicted octanol–water partition coefficient (Wildman–Crippen LogP) is 0.859. The van der Waals surface area contributed by atoms with Gasteiger partial charge in [0.25, 0.3) is 0 Å². The molecule has 1 aliphatic rings. The normalized spacial score (nSPS) is 24.9. The Morgan fingerprint density at radius 2 is 2.00 bits per heavy atom. The van der Waals surface area contributed by atoms with E-state index < -0.39 is 25.4 Å². The molecule has 0 spiro atoms. The van der Waals surface area contributed by atoms with Crippen LogP contribution in [0.1, 0.15) is 18.9 Å². The second-order valence-electron chi connectivity index (χ2n) is 5.66. The first kappa shape index (κ1) is 16.3. The van der Waals surface area contributed by atoms with E-state index in [4.69, 9.17) is 4.74 Å². The van der Waals surface area contributed by atoms with Crippen molar-refractivity contribution in [3.05, 3.63) is 23.8 Å². The summed E-state index contributed by atoms with van der Waals surface area (Å²) in [7, 11) is -5.65. The molecule has 0 radical (unpaired) electrons. The highest BCUT2D eigenvalue weighted by Gasteiger charge is 2.41. The molecule has 0 amide bonds. The number of hydrogen-bond donors (Lipinski definition) is 1. The first-order valence-electron chi connectivity index (χ1n) is 6.46. The van der Waals surface area contributed by atoms with Crippen LogP contribution in [0.3, 0.4) is 0 Å². The van der Waals surface area contributed by atoms with Crippen molar-refractivity contribution in [2.24, 2.45) is 0 Å². The maximum Gasteiger partial charge on any atom is 0.244 e. The standard InChI is InChI=1S/C13H19NO5S2/c1-10-4-5-11(19-3)12(8-10)21(17,18)14-13(2)6-7-20(15,16)9-13/h4-5,8,14H,6-7,9H2,1-3H3/t13-/m0/s1. The lowest BCUT2D eigenvalue weighted by Crippen LogP contribution is -2.46.